The summed E-state index contributed by atoms with van der Waals surface area (Å²) >= 11 is 6.02. The number of ketones is 1. The highest BCUT2D eigenvalue weighted by molar-refractivity contribution is 6.31. The van der Waals surface area contributed by atoms with Gasteiger partial charge in [-0.05, 0) is 18.2 Å². The Labute approximate surface area is 143 Å². The summed E-state index contributed by atoms with van der Waals surface area (Å²) in [6.07, 6.45) is 3.32. The summed E-state index contributed by atoms with van der Waals surface area (Å²) in [6, 6.07) is 13.7. The zero-order valence-electron chi connectivity index (χ0n) is 12.6. The van der Waals surface area contributed by atoms with Crippen molar-refractivity contribution < 1.29 is 9.59 Å². The van der Waals surface area contributed by atoms with Crippen molar-refractivity contribution in [3.05, 3.63) is 82.9 Å². The van der Waals surface area contributed by atoms with Crippen LogP contribution in [0.15, 0.2) is 60.9 Å². The van der Waals surface area contributed by atoms with Crippen molar-refractivity contribution in [3.8, 4) is 0 Å². The number of aromatic amines is 1. The molecule has 3 aromatic rings. The first-order valence-electron chi connectivity index (χ1n) is 7.31. The minimum absolute atomic E-state index is 0.0919. The number of carbonyl (C=O) groups is 2. The Morgan fingerprint density at radius 3 is 2.62 bits per heavy atom. The number of imidazole rings is 1. The molecule has 0 saturated heterocycles. The lowest BCUT2D eigenvalue weighted by Crippen LogP contribution is -2.17. The lowest BCUT2D eigenvalue weighted by Gasteiger charge is -2.11. The minimum Gasteiger partial charge on any atom is -0.348 e. The number of halogens is 1. The van der Waals surface area contributed by atoms with Crippen LogP contribution in [0.5, 0.6) is 0 Å². The third-order valence-electron chi connectivity index (χ3n) is 3.42. The van der Waals surface area contributed by atoms with Crippen molar-refractivity contribution in [1.29, 1.82) is 0 Å². The van der Waals surface area contributed by atoms with E-state index in [2.05, 4.69) is 15.3 Å². The molecule has 24 heavy (non-hydrogen) atoms. The number of aromatic nitrogens is 2. The Bertz CT molecular complexity index is 861. The zero-order chi connectivity index (χ0) is 16.9. The molecular weight excluding hydrogens is 326 g/mol. The van der Waals surface area contributed by atoms with Gasteiger partial charge in [-0.2, -0.15) is 0 Å². The maximum absolute atomic E-state index is 12.7. The van der Waals surface area contributed by atoms with E-state index in [0.29, 0.717) is 27.7 Å². The number of benzene rings is 2. The highest BCUT2D eigenvalue weighted by atomic mass is 35.5. The number of hydrogen-bond acceptors (Lipinski definition) is 3. The van der Waals surface area contributed by atoms with E-state index in [1.54, 1.807) is 54.9 Å². The molecule has 2 aromatic carbocycles. The molecule has 0 saturated carbocycles. The average Bonchev–Trinajstić information content (AvgIpc) is 3.09. The van der Waals surface area contributed by atoms with Gasteiger partial charge in [0.25, 0.3) is 0 Å². The standard InChI is InChI=1S/C18H14ClN3O2/c19-13-6-7-15(22-17(23)11-16-20-8-9-21-16)14(10-13)18(24)12-4-2-1-3-5-12/h1-10H,11H2,(H,20,21)(H,22,23). The topological polar surface area (TPSA) is 74.8 Å². The Kier molecular flexibility index (Phi) is 4.72. The lowest BCUT2D eigenvalue weighted by atomic mass is 10.0. The second-order valence-electron chi connectivity index (χ2n) is 5.15. The summed E-state index contributed by atoms with van der Waals surface area (Å²) in [4.78, 5) is 31.7. The Balaban J connectivity index is 1.86. The number of H-pyrrole nitrogens is 1. The quantitative estimate of drug-likeness (QED) is 0.699. The maximum Gasteiger partial charge on any atom is 0.231 e. The molecule has 5 nitrogen and oxygen atoms in total. The normalized spacial score (nSPS) is 10.4. The van der Waals surface area contributed by atoms with E-state index in [1.807, 2.05) is 6.07 Å². The van der Waals surface area contributed by atoms with Crippen molar-refractivity contribution in [2.24, 2.45) is 0 Å². The largest absolute Gasteiger partial charge is 0.348 e. The summed E-state index contributed by atoms with van der Waals surface area (Å²) in [5, 5.41) is 3.18. The number of rotatable bonds is 5. The third-order valence-corrected chi connectivity index (χ3v) is 3.65. The van der Waals surface area contributed by atoms with Crippen LogP contribution in [0.3, 0.4) is 0 Å². The number of anilines is 1. The van der Waals surface area contributed by atoms with Gasteiger partial charge in [-0.3, -0.25) is 9.59 Å². The fourth-order valence-corrected chi connectivity index (χ4v) is 2.47. The van der Waals surface area contributed by atoms with Crippen LogP contribution in [-0.4, -0.2) is 21.7 Å². The van der Waals surface area contributed by atoms with Crippen LogP contribution in [0.25, 0.3) is 0 Å². The number of nitrogens with one attached hydrogen (secondary N) is 2. The van der Waals surface area contributed by atoms with E-state index in [9.17, 15) is 9.59 Å². The first kappa shape index (κ1) is 16.0. The predicted octanol–water partition coefficient (Wildman–Crippen LogP) is 3.48. The Morgan fingerprint density at radius 1 is 1.12 bits per heavy atom. The first-order chi connectivity index (χ1) is 11.6. The molecule has 0 aliphatic heterocycles. The Morgan fingerprint density at radius 2 is 1.92 bits per heavy atom. The van der Waals surface area contributed by atoms with E-state index in [4.69, 9.17) is 11.6 Å². The van der Waals surface area contributed by atoms with Gasteiger partial charge >= 0.3 is 0 Å². The van der Waals surface area contributed by atoms with E-state index in [0.717, 1.165) is 0 Å². The number of carbonyl (C=O) groups excluding carboxylic acids is 2. The zero-order valence-corrected chi connectivity index (χ0v) is 13.4. The second kappa shape index (κ2) is 7.10. The summed E-state index contributed by atoms with van der Waals surface area (Å²) < 4.78 is 0. The average molecular weight is 340 g/mol. The molecular formula is C18H14ClN3O2. The fourth-order valence-electron chi connectivity index (χ4n) is 2.30. The van der Waals surface area contributed by atoms with Gasteiger partial charge in [-0.15, -0.1) is 0 Å². The highest BCUT2D eigenvalue weighted by Crippen LogP contribution is 2.24. The van der Waals surface area contributed by atoms with Crippen LogP contribution in [0, 0.1) is 0 Å². The van der Waals surface area contributed by atoms with Gasteiger partial charge in [0.2, 0.25) is 5.91 Å². The highest BCUT2D eigenvalue weighted by Gasteiger charge is 2.16. The molecule has 0 fully saturated rings. The van der Waals surface area contributed by atoms with Crippen LogP contribution in [0.2, 0.25) is 5.02 Å². The van der Waals surface area contributed by atoms with Crippen molar-refractivity contribution in [1.82, 2.24) is 9.97 Å². The molecule has 0 spiro atoms. The molecule has 0 atom stereocenters. The molecule has 0 aliphatic carbocycles. The van der Waals surface area contributed by atoms with Crippen LogP contribution in [0.4, 0.5) is 5.69 Å². The first-order valence-corrected chi connectivity index (χ1v) is 7.68. The molecule has 1 amide bonds. The predicted molar refractivity (Wildman–Crippen MR) is 92.2 cm³/mol. The summed E-state index contributed by atoms with van der Waals surface area (Å²) in [5.74, 6) is 0.0817. The number of hydrogen-bond donors (Lipinski definition) is 2. The second-order valence-corrected chi connectivity index (χ2v) is 5.58. The van der Waals surface area contributed by atoms with Gasteiger partial charge in [0.05, 0.1) is 12.1 Å². The summed E-state index contributed by atoms with van der Waals surface area (Å²) in [5.41, 5.74) is 1.30. The van der Waals surface area contributed by atoms with E-state index >= 15 is 0 Å². The van der Waals surface area contributed by atoms with Crippen molar-refractivity contribution in [3.63, 3.8) is 0 Å². The third kappa shape index (κ3) is 3.70. The molecule has 1 heterocycles. The van der Waals surface area contributed by atoms with Crippen LogP contribution >= 0.6 is 11.6 Å². The minimum atomic E-state index is -0.269. The van der Waals surface area contributed by atoms with Gasteiger partial charge in [0, 0.05) is 28.5 Å². The molecule has 1 aromatic heterocycles. The van der Waals surface area contributed by atoms with E-state index in [-0.39, 0.29) is 18.1 Å². The molecule has 3 rings (SSSR count). The summed E-state index contributed by atoms with van der Waals surface area (Å²) in [7, 11) is 0. The number of amides is 1. The molecule has 0 radical (unpaired) electrons. The van der Waals surface area contributed by atoms with Gasteiger partial charge in [-0.1, -0.05) is 41.9 Å². The molecule has 120 valence electrons. The Hall–Kier alpha value is -2.92. The van der Waals surface area contributed by atoms with Crippen molar-refractivity contribution in [2.45, 2.75) is 6.42 Å². The lowest BCUT2D eigenvalue weighted by molar-refractivity contribution is -0.115. The van der Waals surface area contributed by atoms with Crippen LogP contribution in [0.1, 0.15) is 21.7 Å². The van der Waals surface area contributed by atoms with Gasteiger partial charge in [-0.25, -0.2) is 4.98 Å². The SMILES string of the molecule is O=C(Cc1ncc[nH]1)Nc1ccc(Cl)cc1C(=O)c1ccccc1. The monoisotopic (exact) mass is 339 g/mol. The molecule has 2 N–H and O–H groups in total. The van der Waals surface area contributed by atoms with E-state index < -0.39 is 0 Å². The molecule has 6 heteroatoms. The molecule has 0 unspecified atom stereocenters. The molecule has 0 bridgehead atoms. The number of nitrogens with zero attached hydrogens (tertiary/aromatic N) is 1. The van der Waals surface area contributed by atoms with Crippen molar-refractivity contribution in [2.75, 3.05) is 5.32 Å². The van der Waals surface area contributed by atoms with Crippen molar-refractivity contribution >= 4 is 29.0 Å². The maximum atomic E-state index is 12.7. The van der Waals surface area contributed by atoms with Crippen LogP contribution in [-0.2, 0) is 11.2 Å². The van der Waals surface area contributed by atoms with Crippen LogP contribution < -0.4 is 5.32 Å². The smallest absolute Gasteiger partial charge is 0.231 e. The van der Waals surface area contributed by atoms with E-state index in [1.165, 1.54) is 0 Å². The van der Waals surface area contributed by atoms with Gasteiger partial charge < -0.3 is 10.3 Å². The van der Waals surface area contributed by atoms with Gasteiger partial charge in [0.15, 0.2) is 5.78 Å². The molecule has 0 aliphatic rings. The fraction of sp³-hybridized carbons (Fsp3) is 0.0556. The van der Waals surface area contributed by atoms with Gasteiger partial charge in [0.1, 0.15) is 5.82 Å². The summed E-state index contributed by atoms with van der Waals surface area (Å²) in [6.45, 7) is 0.